The van der Waals surface area contributed by atoms with Gasteiger partial charge in [-0.05, 0) is 48.9 Å². The highest BCUT2D eigenvalue weighted by Gasteiger charge is 2.46. The molecule has 0 spiro atoms. The first-order chi connectivity index (χ1) is 14.9. The van der Waals surface area contributed by atoms with Gasteiger partial charge < -0.3 is 14.9 Å². The van der Waals surface area contributed by atoms with E-state index in [1.807, 2.05) is 19.1 Å². The molecule has 1 amide bonds. The van der Waals surface area contributed by atoms with Crippen LogP contribution in [-0.4, -0.2) is 29.0 Å². The van der Waals surface area contributed by atoms with Crippen molar-refractivity contribution in [3.05, 3.63) is 95.1 Å². The van der Waals surface area contributed by atoms with Crippen molar-refractivity contribution in [2.75, 3.05) is 12.0 Å². The summed E-state index contributed by atoms with van der Waals surface area (Å²) in [6.07, 6.45) is 0. The number of phenols is 1. The number of aromatic hydroxyl groups is 1. The monoisotopic (exact) mass is 415 g/mol. The normalized spacial score (nSPS) is 17.7. The molecule has 156 valence electrons. The summed E-state index contributed by atoms with van der Waals surface area (Å²) in [4.78, 5) is 27.4. The average molecular weight is 415 g/mol. The summed E-state index contributed by atoms with van der Waals surface area (Å²) in [7, 11) is 1.55. The van der Waals surface area contributed by atoms with E-state index in [4.69, 9.17) is 4.74 Å². The lowest BCUT2D eigenvalue weighted by atomic mass is 9.95. The van der Waals surface area contributed by atoms with Crippen LogP contribution >= 0.6 is 0 Å². The van der Waals surface area contributed by atoms with Gasteiger partial charge in [-0.25, -0.2) is 0 Å². The minimum absolute atomic E-state index is 0.00657. The van der Waals surface area contributed by atoms with E-state index in [9.17, 15) is 19.8 Å². The molecule has 0 bridgehead atoms. The van der Waals surface area contributed by atoms with Crippen LogP contribution in [-0.2, 0) is 9.59 Å². The van der Waals surface area contributed by atoms with E-state index in [2.05, 4.69) is 0 Å². The first kappa shape index (κ1) is 20.2. The molecule has 6 nitrogen and oxygen atoms in total. The van der Waals surface area contributed by atoms with E-state index in [1.165, 1.54) is 17.0 Å². The van der Waals surface area contributed by atoms with E-state index >= 15 is 0 Å². The lowest BCUT2D eigenvalue weighted by Gasteiger charge is -2.25. The van der Waals surface area contributed by atoms with E-state index in [0.717, 1.165) is 5.56 Å². The Morgan fingerprint density at radius 1 is 0.903 bits per heavy atom. The lowest BCUT2D eigenvalue weighted by molar-refractivity contribution is -0.132. The number of rotatable bonds is 4. The van der Waals surface area contributed by atoms with Gasteiger partial charge in [-0.1, -0.05) is 42.0 Å². The molecule has 3 aromatic rings. The summed E-state index contributed by atoms with van der Waals surface area (Å²) < 4.78 is 5.22. The molecule has 1 fully saturated rings. The van der Waals surface area contributed by atoms with Crippen molar-refractivity contribution in [1.29, 1.82) is 0 Å². The van der Waals surface area contributed by atoms with E-state index < -0.39 is 17.7 Å². The van der Waals surface area contributed by atoms with Crippen LogP contribution < -0.4 is 9.64 Å². The zero-order valence-electron chi connectivity index (χ0n) is 17.1. The number of nitrogens with zero attached hydrogens (tertiary/aromatic N) is 1. The van der Waals surface area contributed by atoms with Gasteiger partial charge in [0.2, 0.25) is 0 Å². The molecule has 4 rings (SSSR count). The van der Waals surface area contributed by atoms with Crippen molar-refractivity contribution < 1.29 is 24.5 Å². The number of aryl methyl sites for hydroxylation is 1. The standard InChI is InChI=1S/C25H21NO5/c1-15-3-5-17(6-4-15)23(28)21-22(16-7-13-20(31-2)14-8-16)26(25(30)24(21)29)18-9-11-19(27)12-10-18/h3-14,22,27-28H,1-2H3. The molecule has 3 aromatic carbocycles. The van der Waals surface area contributed by atoms with Crippen LogP contribution in [0, 0.1) is 6.92 Å². The number of hydrogen-bond donors (Lipinski definition) is 2. The number of carbonyl (C=O) groups is 2. The molecule has 0 aliphatic carbocycles. The van der Waals surface area contributed by atoms with Gasteiger partial charge in [0.25, 0.3) is 11.7 Å². The highest BCUT2D eigenvalue weighted by Crippen LogP contribution is 2.42. The Kier molecular flexibility index (Phi) is 5.21. The predicted molar refractivity (Wildman–Crippen MR) is 117 cm³/mol. The molecule has 1 aliphatic heterocycles. The summed E-state index contributed by atoms with van der Waals surface area (Å²) in [6.45, 7) is 1.92. The third-order valence-corrected chi connectivity index (χ3v) is 5.33. The number of amides is 1. The number of benzene rings is 3. The Morgan fingerprint density at radius 3 is 2.10 bits per heavy atom. The minimum atomic E-state index is -0.836. The quantitative estimate of drug-likeness (QED) is 0.376. The predicted octanol–water partition coefficient (Wildman–Crippen LogP) is 4.34. The molecule has 1 aliphatic rings. The summed E-state index contributed by atoms with van der Waals surface area (Å²) in [5.41, 5.74) is 2.54. The maximum Gasteiger partial charge on any atom is 0.300 e. The number of phenolic OH excluding ortho intramolecular Hbond substituents is 1. The zero-order chi connectivity index (χ0) is 22.1. The molecule has 0 saturated carbocycles. The second-order valence-electron chi connectivity index (χ2n) is 7.32. The van der Waals surface area contributed by atoms with Crippen LogP contribution in [0.4, 0.5) is 5.69 Å². The zero-order valence-corrected chi connectivity index (χ0v) is 17.1. The molecular formula is C25H21NO5. The number of aliphatic hydroxyl groups excluding tert-OH is 1. The largest absolute Gasteiger partial charge is 0.508 e. The number of methoxy groups -OCH3 is 1. The molecule has 1 saturated heterocycles. The Labute approximate surface area is 179 Å². The Hall–Kier alpha value is -4.06. The van der Waals surface area contributed by atoms with Crippen molar-refractivity contribution in [3.63, 3.8) is 0 Å². The summed E-state index contributed by atoms with van der Waals surface area (Å²) in [5, 5.41) is 20.7. The molecular weight excluding hydrogens is 394 g/mol. The maximum atomic E-state index is 13.1. The van der Waals surface area contributed by atoms with Crippen LogP contribution in [0.15, 0.2) is 78.4 Å². The number of anilines is 1. The van der Waals surface area contributed by atoms with Crippen LogP contribution in [0.5, 0.6) is 11.5 Å². The highest BCUT2D eigenvalue weighted by atomic mass is 16.5. The van der Waals surface area contributed by atoms with Gasteiger partial charge in [-0.15, -0.1) is 0 Å². The molecule has 1 heterocycles. The second kappa shape index (κ2) is 7.99. The van der Waals surface area contributed by atoms with Crippen molar-refractivity contribution in [2.24, 2.45) is 0 Å². The van der Waals surface area contributed by atoms with Crippen molar-refractivity contribution in [3.8, 4) is 11.5 Å². The van der Waals surface area contributed by atoms with Crippen molar-refractivity contribution in [2.45, 2.75) is 13.0 Å². The Balaban J connectivity index is 1.92. The van der Waals surface area contributed by atoms with E-state index in [0.29, 0.717) is 22.6 Å². The summed E-state index contributed by atoms with van der Waals surface area (Å²) in [6, 6.07) is 19.2. The molecule has 6 heteroatoms. The van der Waals surface area contributed by atoms with Gasteiger partial charge in [0.1, 0.15) is 17.3 Å². The Morgan fingerprint density at radius 2 is 1.52 bits per heavy atom. The third kappa shape index (κ3) is 3.64. The van der Waals surface area contributed by atoms with E-state index in [-0.39, 0.29) is 17.1 Å². The highest BCUT2D eigenvalue weighted by molar-refractivity contribution is 6.51. The van der Waals surface area contributed by atoms with Gasteiger partial charge in [0.15, 0.2) is 0 Å². The van der Waals surface area contributed by atoms with Crippen LogP contribution in [0.3, 0.4) is 0 Å². The van der Waals surface area contributed by atoms with Gasteiger partial charge in [0, 0.05) is 11.3 Å². The molecule has 1 atom stereocenters. The smallest absolute Gasteiger partial charge is 0.300 e. The number of Topliss-reactive ketones (excluding diaryl/α,β-unsaturated/α-hetero) is 1. The van der Waals surface area contributed by atoms with Crippen molar-refractivity contribution in [1.82, 2.24) is 0 Å². The van der Waals surface area contributed by atoms with Gasteiger partial charge in [-0.2, -0.15) is 0 Å². The van der Waals surface area contributed by atoms with Crippen LogP contribution in [0.25, 0.3) is 5.76 Å². The van der Waals surface area contributed by atoms with E-state index in [1.54, 1.807) is 55.6 Å². The first-order valence-corrected chi connectivity index (χ1v) is 9.71. The fourth-order valence-electron chi connectivity index (χ4n) is 3.68. The SMILES string of the molecule is COc1ccc(C2C(=C(O)c3ccc(C)cc3)C(=O)C(=O)N2c2ccc(O)cc2)cc1. The average Bonchev–Trinajstić information content (AvgIpc) is 3.05. The third-order valence-electron chi connectivity index (χ3n) is 5.33. The number of ketones is 1. The number of ether oxygens (including phenoxy) is 1. The van der Waals surface area contributed by atoms with Gasteiger partial charge in [0.05, 0.1) is 18.7 Å². The molecule has 0 aromatic heterocycles. The Bertz CT molecular complexity index is 1160. The summed E-state index contributed by atoms with van der Waals surface area (Å²) >= 11 is 0. The number of hydrogen-bond acceptors (Lipinski definition) is 5. The van der Waals surface area contributed by atoms with Gasteiger partial charge in [-0.3, -0.25) is 14.5 Å². The molecule has 31 heavy (non-hydrogen) atoms. The lowest BCUT2D eigenvalue weighted by Crippen LogP contribution is -2.29. The second-order valence-corrected chi connectivity index (χ2v) is 7.32. The summed E-state index contributed by atoms with van der Waals surface area (Å²) in [5.74, 6) is -1.09. The maximum absolute atomic E-state index is 13.1. The van der Waals surface area contributed by atoms with Crippen molar-refractivity contribution >= 4 is 23.1 Å². The fraction of sp³-hybridized carbons (Fsp3) is 0.120. The molecule has 1 unspecified atom stereocenters. The molecule has 0 radical (unpaired) electrons. The number of aliphatic hydroxyl groups is 1. The number of carbonyl (C=O) groups excluding carboxylic acids is 2. The van der Waals surface area contributed by atoms with Crippen LogP contribution in [0.1, 0.15) is 22.7 Å². The topological polar surface area (TPSA) is 87.1 Å². The fourth-order valence-corrected chi connectivity index (χ4v) is 3.68. The van der Waals surface area contributed by atoms with Gasteiger partial charge >= 0.3 is 0 Å². The first-order valence-electron chi connectivity index (χ1n) is 9.71. The minimum Gasteiger partial charge on any atom is -0.508 e. The van der Waals surface area contributed by atoms with Crippen LogP contribution in [0.2, 0.25) is 0 Å². The molecule has 2 N–H and O–H groups in total.